The Hall–Kier alpha value is -3.50. The summed E-state index contributed by atoms with van der Waals surface area (Å²) in [5.41, 5.74) is -2.66. The van der Waals surface area contributed by atoms with Crippen molar-refractivity contribution in [2.24, 2.45) is 10.8 Å². The summed E-state index contributed by atoms with van der Waals surface area (Å²) in [6.07, 6.45) is 2.56. The monoisotopic (exact) mass is 586 g/mol. The topological polar surface area (TPSA) is 77.5 Å². The number of hydrogen-bond donors (Lipinski definition) is 0. The molecule has 228 valence electrons. The molecular weight excluding hydrogens is 546 g/mol. The Bertz CT molecular complexity index is 1340. The van der Waals surface area contributed by atoms with Gasteiger partial charge < -0.3 is 18.9 Å². The Kier molecular flexibility index (Phi) is 7.97. The molecule has 2 aromatic rings. The van der Waals surface area contributed by atoms with Crippen LogP contribution >= 0.6 is 0 Å². The van der Waals surface area contributed by atoms with Crippen molar-refractivity contribution in [3.8, 4) is 11.5 Å². The minimum Gasteiger partial charge on any atom is -0.496 e. The van der Waals surface area contributed by atoms with E-state index in [4.69, 9.17) is 18.9 Å². The lowest BCUT2D eigenvalue weighted by Crippen LogP contribution is -2.53. The minimum absolute atomic E-state index is 0.292. The summed E-state index contributed by atoms with van der Waals surface area (Å²) in [7, 11) is 9.89. The number of nitrogens with zero attached hydrogens (tertiary/aromatic N) is 2. The summed E-state index contributed by atoms with van der Waals surface area (Å²) in [6.45, 7) is 7.52. The normalized spacial score (nSPS) is 23.7. The Morgan fingerprint density at radius 2 is 1.02 bits per heavy atom. The smallest absolute Gasteiger partial charge is 0.333 e. The van der Waals surface area contributed by atoms with Crippen LogP contribution in [0.1, 0.15) is 49.9 Å². The van der Waals surface area contributed by atoms with Crippen LogP contribution in [0.3, 0.4) is 0 Å². The van der Waals surface area contributed by atoms with Crippen molar-refractivity contribution in [1.82, 2.24) is 9.80 Å². The van der Waals surface area contributed by atoms with Crippen LogP contribution in [0.15, 0.2) is 36.4 Å². The van der Waals surface area contributed by atoms with E-state index in [0.717, 1.165) is 12.2 Å². The van der Waals surface area contributed by atoms with Crippen LogP contribution in [0, 0.1) is 22.5 Å². The third kappa shape index (κ3) is 4.46. The van der Waals surface area contributed by atoms with E-state index >= 15 is 0 Å². The molecule has 8 nitrogen and oxygen atoms in total. The average Bonchev–Trinajstić information content (AvgIpc) is 3.30. The van der Waals surface area contributed by atoms with E-state index in [-0.39, 0.29) is 0 Å². The second-order valence-corrected chi connectivity index (χ2v) is 12.6. The maximum atomic E-state index is 15.0. The van der Waals surface area contributed by atoms with Gasteiger partial charge in [-0.3, -0.25) is 9.80 Å². The molecule has 2 aliphatic carbocycles. The van der Waals surface area contributed by atoms with Gasteiger partial charge in [0, 0.05) is 34.1 Å². The summed E-state index contributed by atoms with van der Waals surface area (Å²) < 4.78 is 53.3. The predicted molar refractivity (Wildman–Crippen MR) is 153 cm³/mol. The van der Waals surface area contributed by atoms with Crippen LogP contribution in [0.4, 0.5) is 8.78 Å². The number of esters is 2. The highest BCUT2D eigenvalue weighted by atomic mass is 19.1. The fourth-order valence-corrected chi connectivity index (χ4v) is 7.15. The summed E-state index contributed by atoms with van der Waals surface area (Å²) in [5, 5.41) is 0. The molecule has 2 atom stereocenters. The van der Waals surface area contributed by atoms with Crippen LogP contribution in [0.2, 0.25) is 0 Å². The molecule has 10 heteroatoms. The van der Waals surface area contributed by atoms with Crippen LogP contribution in [-0.4, -0.2) is 64.1 Å². The lowest BCUT2D eigenvalue weighted by Gasteiger charge is -2.46. The number of carbonyl (C=O) groups is 2. The summed E-state index contributed by atoms with van der Waals surface area (Å²) >= 11 is 0. The predicted octanol–water partition coefficient (Wildman–Crippen LogP) is 4.92. The van der Waals surface area contributed by atoms with Crippen molar-refractivity contribution in [3.05, 3.63) is 70.3 Å². The van der Waals surface area contributed by atoms with Crippen LogP contribution in [0.25, 0.3) is 0 Å². The van der Waals surface area contributed by atoms with E-state index in [9.17, 15) is 18.4 Å². The van der Waals surface area contributed by atoms with Gasteiger partial charge in [0.05, 0.1) is 25.3 Å². The zero-order chi connectivity index (χ0) is 31.4. The van der Waals surface area contributed by atoms with E-state index < -0.39 is 45.9 Å². The first-order valence-corrected chi connectivity index (χ1v) is 13.7. The Labute approximate surface area is 246 Å². The number of fused-ring (bicyclic) bond motifs is 2. The maximum Gasteiger partial charge on any atom is 0.333 e. The molecule has 42 heavy (non-hydrogen) atoms. The highest BCUT2D eigenvalue weighted by Gasteiger charge is 2.61. The molecule has 0 aromatic heterocycles. The minimum atomic E-state index is -1.40. The first-order chi connectivity index (χ1) is 19.5. The van der Waals surface area contributed by atoms with Gasteiger partial charge in [0.1, 0.15) is 23.1 Å². The third-order valence-electron chi connectivity index (χ3n) is 8.74. The molecule has 0 bridgehead atoms. The standard InChI is InChI=1S/C32H40F2N2O6/c1-29(2)17-19-21(33)11-13-23(39-9)27(19)31(29,35(5)6)41-25(37)15-16-26(38)42-32(36(7)8)28-20(18-30(32,3)4)22(34)12-14-24(28)40-10/h11-16H,17-18H2,1-10H3/b16-15+. The molecule has 0 saturated carbocycles. The van der Waals surface area contributed by atoms with Gasteiger partial charge in [-0.1, -0.05) is 27.7 Å². The van der Waals surface area contributed by atoms with Crippen LogP contribution in [-0.2, 0) is 43.4 Å². The number of rotatable bonds is 8. The van der Waals surface area contributed by atoms with Gasteiger partial charge in [-0.15, -0.1) is 0 Å². The van der Waals surface area contributed by atoms with Gasteiger partial charge in [0.2, 0.25) is 11.4 Å². The molecule has 0 radical (unpaired) electrons. The summed E-state index contributed by atoms with van der Waals surface area (Å²) in [4.78, 5) is 30.1. The molecule has 0 aliphatic heterocycles. The number of ether oxygens (including phenoxy) is 4. The number of halogens is 2. The Balaban J connectivity index is 1.69. The second kappa shape index (κ2) is 10.6. The van der Waals surface area contributed by atoms with Crippen molar-refractivity contribution in [2.45, 2.75) is 52.0 Å². The van der Waals surface area contributed by atoms with Crippen molar-refractivity contribution in [2.75, 3.05) is 42.4 Å². The molecule has 2 aliphatic rings. The SMILES string of the molecule is COc1ccc(F)c2c1C(OC(=O)/C=C/C(=O)OC1(N(C)C)c3c(OC)ccc(F)c3CC1(C)C)(N(C)C)C(C)(C)C2. The zero-order valence-corrected chi connectivity index (χ0v) is 26.0. The lowest BCUT2D eigenvalue weighted by molar-refractivity contribution is -0.209. The van der Waals surface area contributed by atoms with Gasteiger partial charge >= 0.3 is 11.9 Å². The largest absolute Gasteiger partial charge is 0.496 e. The first kappa shape index (κ1) is 31.4. The van der Waals surface area contributed by atoms with E-state index in [1.807, 2.05) is 27.7 Å². The molecule has 0 fully saturated rings. The van der Waals surface area contributed by atoms with E-state index in [2.05, 4.69) is 0 Å². The van der Waals surface area contributed by atoms with E-state index in [0.29, 0.717) is 46.6 Å². The molecular formula is C32H40F2N2O6. The summed E-state index contributed by atoms with van der Waals surface area (Å²) in [6, 6.07) is 5.68. The highest BCUT2D eigenvalue weighted by Crippen LogP contribution is 2.58. The van der Waals surface area contributed by atoms with Gasteiger partial charge in [-0.2, -0.15) is 0 Å². The first-order valence-electron chi connectivity index (χ1n) is 13.7. The maximum absolute atomic E-state index is 15.0. The number of benzene rings is 2. The van der Waals surface area contributed by atoms with Gasteiger partial charge in [0.15, 0.2) is 0 Å². The van der Waals surface area contributed by atoms with E-state index in [1.165, 1.54) is 38.5 Å². The van der Waals surface area contributed by atoms with Crippen molar-refractivity contribution >= 4 is 11.9 Å². The highest BCUT2D eigenvalue weighted by molar-refractivity contribution is 5.92. The molecule has 0 saturated heterocycles. The molecule has 0 amide bonds. The van der Waals surface area contributed by atoms with Gasteiger partial charge in [-0.05, 0) is 65.3 Å². The Morgan fingerprint density at radius 1 is 0.690 bits per heavy atom. The van der Waals surface area contributed by atoms with Crippen LogP contribution < -0.4 is 9.47 Å². The van der Waals surface area contributed by atoms with Crippen molar-refractivity contribution < 1.29 is 37.3 Å². The second-order valence-electron chi connectivity index (χ2n) is 12.6. The van der Waals surface area contributed by atoms with Gasteiger partial charge in [-0.25, -0.2) is 18.4 Å². The number of carbonyl (C=O) groups excluding carboxylic acids is 2. The fourth-order valence-electron chi connectivity index (χ4n) is 7.15. The lowest BCUT2D eigenvalue weighted by atomic mass is 9.80. The molecule has 4 rings (SSSR count). The molecule has 0 heterocycles. The van der Waals surface area contributed by atoms with Gasteiger partial charge in [0.25, 0.3) is 0 Å². The van der Waals surface area contributed by atoms with Crippen LogP contribution in [0.5, 0.6) is 11.5 Å². The summed E-state index contributed by atoms with van der Waals surface area (Å²) in [5.74, 6) is -1.73. The Morgan fingerprint density at radius 3 is 1.31 bits per heavy atom. The van der Waals surface area contributed by atoms with E-state index in [1.54, 1.807) is 38.0 Å². The molecule has 0 spiro atoms. The number of hydrogen-bond acceptors (Lipinski definition) is 8. The third-order valence-corrected chi connectivity index (χ3v) is 8.74. The zero-order valence-electron chi connectivity index (χ0n) is 26.0. The fraction of sp³-hybridized carbons (Fsp3) is 0.500. The molecule has 2 aromatic carbocycles. The molecule has 2 unspecified atom stereocenters. The quantitative estimate of drug-likeness (QED) is 0.245. The van der Waals surface area contributed by atoms with Crippen molar-refractivity contribution in [3.63, 3.8) is 0 Å². The average molecular weight is 587 g/mol. The van der Waals surface area contributed by atoms with Crippen molar-refractivity contribution in [1.29, 1.82) is 0 Å². The molecule has 0 N–H and O–H groups in total. The number of methoxy groups -OCH3 is 2.